The van der Waals surface area contributed by atoms with Crippen LogP contribution in [-0.4, -0.2) is 20.0 Å². The summed E-state index contributed by atoms with van der Waals surface area (Å²) in [4.78, 5) is -0.733. The molecule has 0 amide bonds. The second-order valence-corrected chi connectivity index (χ2v) is 6.74. The van der Waals surface area contributed by atoms with Crippen molar-refractivity contribution in [2.24, 2.45) is 11.7 Å². The number of rotatable bonds is 4. The van der Waals surface area contributed by atoms with E-state index in [1.54, 1.807) is 0 Å². The fraction of sp³-hybridized carbons (Fsp3) is 0.500. The van der Waals surface area contributed by atoms with E-state index in [1.165, 1.54) is 12.1 Å². The zero-order valence-electron chi connectivity index (χ0n) is 10.0. The Morgan fingerprint density at radius 2 is 1.74 bits per heavy atom. The van der Waals surface area contributed by atoms with Crippen LogP contribution in [0.15, 0.2) is 29.2 Å². The Balaban J connectivity index is 2.14. The molecule has 1 atom stereocenters. The lowest BCUT2D eigenvalue weighted by Gasteiger charge is -2.11. The first-order valence-corrected chi connectivity index (χ1v) is 7.36. The maximum Gasteiger partial charge on any atom is 0.501 e. The van der Waals surface area contributed by atoms with Crippen molar-refractivity contribution in [2.45, 2.75) is 35.7 Å². The molecule has 0 saturated heterocycles. The summed E-state index contributed by atoms with van der Waals surface area (Å²) in [5, 5.41) is 0. The number of sulfone groups is 1. The van der Waals surface area contributed by atoms with Crippen LogP contribution in [-0.2, 0) is 16.3 Å². The van der Waals surface area contributed by atoms with E-state index in [4.69, 9.17) is 5.73 Å². The van der Waals surface area contributed by atoms with Gasteiger partial charge in [0.2, 0.25) is 0 Å². The number of benzene rings is 1. The number of hydrogen-bond donors (Lipinski definition) is 1. The minimum absolute atomic E-state index is 0.00919. The molecule has 1 unspecified atom stereocenters. The van der Waals surface area contributed by atoms with Crippen LogP contribution >= 0.6 is 0 Å². The molecule has 1 saturated carbocycles. The highest BCUT2D eigenvalue weighted by molar-refractivity contribution is 7.92. The summed E-state index contributed by atoms with van der Waals surface area (Å²) >= 11 is 0. The maximum atomic E-state index is 12.3. The molecule has 1 aromatic rings. The van der Waals surface area contributed by atoms with Gasteiger partial charge in [0, 0.05) is 6.04 Å². The molecule has 1 fully saturated rings. The van der Waals surface area contributed by atoms with E-state index in [0.717, 1.165) is 30.5 Å². The van der Waals surface area contributed by atoms with Gasteiger partial charge in [-0.25, -0.2) is 8.42 Å². The average Bonchev–Trinajstić information content (AvgIpc) is 3.11. The van der Waals surface area contributed by atoms with E-state index < -0.39 is 20.2 Å². The SMILES string of the molecule is NC(Cc1ccc(S(=O)(=O)C(F)(F)F)cc1)C1CC1. The zero-order valence-corrected chi connectivity index (χ0v) is 10.8. The molecule has 2 rings (SSSR count). The highest BCUT2D eigenvalue weighted by atomic mass is 32.2. The Morgan fingerprint density at radius 1 is 1.21 bits per heavy atom. The van der Waals surface area contributed by atoms with E-state index in [0.29, 0.717) is 12.3 Å². The molecule has 3 nitrogen and oxygen atoms in total. The van der Waals surface area contributed by atoms with Crippen LogP contribution in [0.1, 0.15) is 18.4 Å². The molecule has 0 spiro atoms. The van der Waals surface area contributed by atoms with Crippen LogP contribution in [0.5, 0.6) is 0 Å². The van der Waals surface area contributed by atoms with E-state index >= 15 is 0 Å². The van der Waals surface area contributed by atoms with Gasteiger partial charge in [-0.15, -0.1) is 0 Å². The number of hydrogen-bond acceptors (Lipinski definition) is 3. The molecule has 19 heavy (non-hydrogen) atoms. The molecule has 0 heterocycles. The van der Waals surface area contributed by atoms with Crippen LogP contribution in [0.2, 0.25) is 0 Å². The second kappa shape index (κ2) is 4.79. The lowest BCUT2D eigenvalue weighted by molar-refractivity contribution is -0.0436. The Morgan fingerprint density at radius 3 is 2.16 bits per heavy atom. The van der Waals surface area contributed by atoms with Crippen LogP contribution in [0.3, 0.4) is 0 Å². The average molecular weight is 293 g/mol. The number of alkyl halides is 3. The molecule has 7 heteroatoms. The van der Waals surface area contributed by atoms with Crippen molar-refractivity contribution in [1.82, 2.24) is 0 Å². The van der Waals surface area contributed by atoms with Crippen LogP contribution in [0.4, 0.5) is 13.2 Å². The molecule has 0 aliphatic heterocycles. The largest absolute Gasteiger partial charge is 0.501 e. The lowest BCUT2D eigenvalue weighted by Crippen LogP contribution is -2.25. The Kier molecular flexibility index (Phi) is 3.61. The van der Waals surface area contributed by atoms with Gasteiger partial charge in [0.1, 0.15) is 0 Å². The minimum Gasteiger partial charge on any atom is -0.327 e. The summed E-state index contributed by atoms with van der Waals surface area (Å²) < 4.78 is 59.3. The van der Waals surface area contributed by atoms with E-state index in [-0.39, 0.29) is 6.04 Å². The van der Waals surface area contributed by atoms with Crippen molar-refractivity contribution in [3.8, 4) is 0 Å². The summed E-state index contributed by atoms with van der Waals surface area (Å²) in [6.07, 6.45) is 2.72. The fourth-order valence-electron chi connectivity index (χ4n) is 1.90. The van der Waals surface area contributed by atoms with Crippen LogP contribution in [0.25, 0.3) is 0 Å². The predicted molar refractivity (Wildman–Crippen MR) is 64.1 cm³/mol. The van der Waals surface area contributed by atoms with Gasteiger partial charge in [-0.3, -0.25) is 0 Å². The molecule has 1 aliphatic rings. The van der Waals surface area contributed by atoms with Crippen molar-refractivity contribution >= 4 is 9.84 Å². The van der Waals surface area contributed by atoms with Gasteiger partial charge in [-0.2, -0.15) is 13.2 Å². The molecule has 1 aliphatic carbocycles. The Hall–Kier alpha value is -1.08. The van der Waals surface area contributed by atoms with Gasteiger partial charge in [0.05, 0.1) is 4.90 Å². The number of halogens is 3. The first-order chi connectivity index (χ1) is 8.72. The molecular formula is C12H14F3NO2S. The van der Waals surface area contributed by atoms with E-state index in [1.807, 2.05) is 0 Å². The summed E-state index contributed by atoms with van der Waals surface area (Å²) in [6, 6.07) is 4.74. The second-order valence-electron chi connectivity index (χ2n) is 4.80. The van der Waals surface area contributed by atoms with Crippen molar-refractivity contribution in [1.29, 1.82) is 0 Å². The predicted octanol–water partition coefficient (Wildman–Crippen LogP) is 2.26. The fourth-order valence-corrected chi connectivity index (χ4v) is 2.66. The first kappa shape index (κ1) is 14.3. The molecule has 106 valence electrons. The highest BCUT2D eigenvalue weighted by Gasteiger charge is 2.46. The highest BCUT2D eigenvalue weighted by Crippen LogP contribution is 2.33. The summed E-state index contributed by atoms with van der Waals surface area (Å²) in [6.45, 7) is 0. The molecular weight excluding hydrogens is 279 g/mol. The Bertz CT molecular complexity index is 547. The van der Waals surface area contributed by atoms with E-state index in [9.17, 15) is 21.6 Å². The third-order valence-corrected chi connectivity index (χ3v) is 4.74. The summed E-state index contributed by atoms with van der Waals surface area (Å²) in [5.41, 5.74) is 1.39. The van der Waals surface area contributed by atoms with Crippen molar-refractivity contribution in [3.05, 3.63) is 29.8 Å². The van der Waals surface area contributed by atoms with Crippen LogP contribution in [0, 0.1) is 5.92 Å². The topological polar surface area (TPSA) is 60.2 Å². The minimum atomic E-state index is -5.26. The van der Waals surface area contributed by atoms with Crippen molar-refractivity contribution in [3.63, 3.8) is 0 Å². The van der Waals surface area contributed by atoms with Crippen molar-refractivity contribution in [2.75, 3.05) is 0 Å². The van der Waals surface area contributed by atoms with Gasteiger partial charge in [-0.1, -0.05) is 12.1 Å². The quantitative estimate of drug-likeness (QED) is 0.926. The Labute approximate surface area is 109 Å². The van der Waals surface area contributed by atoms with Crippen LogP contribution < -0.4 is 5.73 Å². The monoisotopic (exact) mass is 293 g/mol. The standard InChI is InChI=1S/C12H14F3NO2S/c13-12(14,15)19(17,18)10-5-1-8(2-6-10)7-11(16)9-3-4-9/h1-2,5-6,9,11H,3-4,7,16H2. The van der Waals surface area contributed by atoms with Gasteiger partial charge in [0.25, 0.3) is 9.84 Å². The first-order valence-electron chi connectivity index (χ1n) is 5.87. The maximum absolute atomic E-state index is 12.3. The normalized spacial score (nSPS) is 18.3. The van der Waals surface area contributed by atoms with E-state index in [2.05, 4.69) is 0 Å². The summed E-state index contributed by atoms with van der Waals surface area (Å²) in [5.74, 6) is 0.485. The third-order valence-electron chi connectivity index (χ3n) is 3.24. The van der Waals surface area contributed by atoms with Crippen molar-refractivity contribution < 1.29 is 21.6 Å². The number of nitrogens with two attached hydrogens (primary N) is 1. The lowest BCUT2D eigenvalue weighted by atomic mass is 10.0. The molecule has 0 aromatic heterocycles. The van der Waals surface area contributed by atoms with Gasteiger partial charge < -0.3 is 5.73 Å². The third kappa shape index (κ3) is 3.09. The van der Waals surface area contributed by atoms with Gasteiger partial charge >= 0.3 is 5.51 Å². The van der Waals surface area contributed by atoms with Gasteiger partial charge in [0.15, 0.2) is 0 Å². The zero-order chi connectivity index (χ0) is 14.3. The molecule has 2 N–H and O–H groups in total. The smallest absolute Gasteiger partial charge is 0.327 e. The summed E-state index contributed by atoms with van der Waals surface area (Å²) in [7, 11) is -5.26. The molecule has 0 bridgehead atoms. The van der Waals surface area contributed by atoms with Gasteiger partial charge in [-0.05, 0) is 42.9 Å². The molecule has 0 radical (unpaired) electrons. The molecule has 1 aromatic carbocycles.